The highest BCUT2D eigenvalue weighted by atomic mass is 32.2. The summed E-state index contributed by atoms with van der Waals surface area (Å²) in [6, 6.07) is 0. The van der Waals surface area contributed by atoms with Crippen LogP contribution in [-0.2, 0) is 10.2 Å². The lowest BCUT2D eigenvalue weighted by Gasteiger charge is -2.23. The second kappa shape index (κ2) is 6.89. The van der Waals surface area contributed by atoms with Gasteiger partial charge in [0.1, 0.15) is 0 Å². The Morgan fingerprint density at radius 1 is 1.18 bits per heavy atom. The van der Waals surface area contributed by atoms with Crippen LogP contribution < -0.4 is 5.84 Å². The number of carbonyl (C=O) groups excluding carboxylic acids is 1. The highest BCUT2D eigenvalue weighted by molar-refractivity contribution is 8.00. The number of amides is 1. The van der Waals surface area contributed by atoms with Gasteiger partial charge in [-0.3, -0.25) is 4.79 Å². The predicted molar refractivity (Wildman–Crippen MR) is 89.2 cm³/mol. The van der Waals surface area contributed by atoms with Crippen LogP contribution in [0, 0.1) is 0 Å². The van der Waals surface area contributed by atoms with E-state index in [4.69, 9.17) is 5.84 Å². The minimum atomic E-state index is -0.197. The first-order chi connectivity index (χ1) is 10.3. The van der Waals surface area contributed by atoms with Gasteiger partial charge in [0, 0.05) is 18.5 Å². The summed E-state index contributed by atoms with van der Waals surface area (Å²) in [6.45, 7) is 9.78. The summed E-state index contributed by atoms with van der Waals surface area (Å²) < 4.78 is 1.51. The maximum absolute atomic E-state index is 12.6. The van der Waals surface area contributed by atoms with E-state index in [1.807, 2.05) is 32.6 Å². The van der Waals surface area contributed by atoms with E-state index in [0.717, 1.165) is 31.8 Å². The minimum absolute atomic E-state index is 0.168. The van der Waals surface area contributed by atoms with Gasteiger partial charge < -0.3 is 10.7 Å². The fraction of sp³-hybridized carbons (Fsp3) is 0.800. The second-order valence-electron chi connectivity index (χ2n) is 6.93. The lowest BCUT2D eigenvalue weighted by molar-refractivity contribution is -0.130. The molecule has 0 aliphatic carbocycles. The van der Waals surface area contributed by atoms with E-state index in [1.165, 1.54) is 29.3 Å². The zero-order valence-corrected chi connectivity index (χ0v) is 14.8. The minimum Gasteiger partial charge on any atom is -0.342 e. The molecule has 1 unspecified atom stereocenters. The van der Waals surface area contributed by atoms with Crippen LogP contribution in [0.4, 0.5) is 0 Å². The second-order valence-corrected chi connectivity index (χ2v) is 8.23. The Morgan fingerprint density at radius 2 is 1.77 bits per heavy atom. The van der Waals surface area contributed by atoms with Crippen LogP contribution in [0.1, 0.15) is 59.2 Å². The molecule has 22 heavy (non-hydrogen) atoms. The molecule has 0 bridgehead atoms. The Balaban J connectivity index is 2.03. The van der Waals surface area contributed by atoms with Gasteiger partial charge in [0.25, 0.3) is 0 Å². The van der Waals surface area contributed by atoms with Crippen molar-refractivity contribution in [3.8, 4) is 0 Å². The molecule has 2 rings (SSSR count). The zero-order valence-electron chi connectivity index (χ0n) is 14.0. The molecule has 0 radical (unpaired) electrons. The van der Waals surface area contributed by atoms with E-state index in [9.17, 15) is 4.79 Å². The molecular weight excluding hydrogens is 298 g/mol. The van der Waals surface area contributed by atoms with Crippen LogP contribution in [-0.4, -0.2) is 44.0 Å². The van der Waals surface area contributed by atoms with Crippen molar-refractivity contribution in [2.75, 3.05) is 18.9 Å². The van der Waals surface area contributed by atoms with Crippen molar-refractivity contribution in [2.45, 2.75) is 69.2 Å². The van der Waals surface area contributed by atoms with E-state index in [2.05, 4.69) is 10.2 Å². The van der Waals surface area contributed by atoms with Crippen molar-refractivity contribution in [1.82, 2.24) is 19.8 Å². The molecule has 0 saturated carbocycles. The predicted octanol–water partition coefficient (Wildman–Crippen LogP) is 2.17. The molecule has 1 amide bonds. The van der Waals surface area contributed by atoms with Crippen LogP contribution in [0.25, 0.3) is 0 Å². The van der Waals surface area contributed by atoms with Crippen LogP contribution in [0.15, 0.2) is 5.16 Å². The molecule has 0 aromatic carbocycles. The summed E-state index contributed by atoms with van der Waals surface area (Å²) in [7, 11) is 0. The van der Waals surface area contributed by atoms with Crippen molar-refractivity contribution in [1.29, 1.82) is 0 Å². The molecule has 1 aliphatic rings. The number of hydrogen-bond donors (Lipinski definition) is 1. The van der Waals surface area contributed by atoms with E-state index >= 15 is 0 Å². The molecule has 1 aliphatic heterocycles. The van der Waals surface area contributed by atoms with Gasteiger partial charge in [-0.15, -0.1) is 10.2 Å². The molecule has 2 N–H and O–H groups in total. The first-order valence-corrected chi connectivity index (χ1v) is 8.85. The maximum atomic E-state index is 12.6. The summed E-state index contributed by atoms with van der Waals surface area (Å²) >= 11 is 1.39. The molecule has 2 heterocycles. The summed E-state index contributed by atoms with van der Waals surface area (Å²) in [5.41, 5.74) is -0.168. The monoisotopic (exact) mass is 325 g/mol. The Labute approximate surface area is 136 Å². The fourth-order valence-corrected chi connectivity index (χ4v) is 3.48. The standard InChI is InChI=1S/C15H27N5OS/c1-11(12(21)19-9-7-5-6-8-10-19)22-14-18-17-13(20(14)16)15(2,3)4/h11H,5-10,16H2,1-4H3. The third-order valence-corrected chi connectivity index (χ3v) is 4.93. The van der Waals surface area contributed by atoms with Crippen molar-refractivity contribution in [2.24, 2.45) is 0 Å². The average molecular weight is 325 g/mol. The van der Waals surface area contributed by atoms with Crippen molar-refractivity contribution in [3.63, 3.8) is 0 Å². The number of rotatable bonds is 3. The molecule has 1 aromatic rings. The Kier molecular flexibility index (Phi) is 5.36. The molecule has 124 valence electrons. The number of aromatic nitrogens is 3. The molecular formula is C15H27N5OS. The number of hydrogen-bond acceptors (Lipinski definition) is 5. The van der Waals surface area contributed by atoms with Gasteiger partial charge in [-0.1, -0.05) is 45.4 Å². The highest BCUT2D eigenvalue weighted by Crippen LogP contribution is 2.27. The van der Waals surface area contributed by atoms with Gasteiger partial charge in [0.2, 0.25) is 11.1 Å². The third-order valence-electron chi connectivity index (χ3n) is 3.88. The van der Waals surface area contributed by atoms with Crippen LogP contribution in [0.5, 0.6) is 0 Å². The van der Waals surface area contributed by atoms with E-state index in [1.54, 1.807) is 0 Å². The number of nitrogens with zero attached hydrogens (tertiary/aromatic N) is 4. The van der Waals surface area contributed by atoms with E-state index in [0.29, 0.717) is 5.16 Å². The third kappa shape index (κ3) is 3.94. The van der Waals surface area contributed by atoms with Gasteiger partial charge in [-0.25, -0.2) is 4.68 Å². The first kappa shape index (κ1) is 17.1. The Morgan fingerprint density at radius 3 is 2.27 bits per heavy atom. The molecule has 1 atom stereocenters. The number of nitrogen functional groups attached to an aromatic ring is 1. The fourth-order valence-electron chi connectivity index (χ4n) is 2.63. The zero-order chi connectivity index (χ0) is 16.3. The highest BCUT2D eigenvalue weighted by Gasteiger charge is 2.27. The quantitative estimate of drug-likeness (QED) is 0.681. The molecule has 6 nitrogen and oxygen atoms in total. The van der Waals surface area contributed by atoms with Gasteiger partial charge in [-0.05, 0) is 19.8 Å². The van der Waals surface area contributed by atoms with Crippen LogP contribution in [0.2, 0.25) is 0 Å². The van der Waals surface area contributed by atoms with Gasteiger partial charge >= 0.3 is 0 Å². The Hall–Kier alpha value is -1.24. The smallest absolute Gasteiger partial charge is 0.235 e. The molecule has 1 saturated heterocycles. The van der Waals surface area contributed by atoms with Crippen molar-refractivity contribution in [3.05, 3.63) is 5.82 Å². The first-order valence-electron chi connectivity index (χ1n) is 7.97. The summed E-state index contributed by atoms with van der Waals surface area (Å²) in [4.78, 5) is 14.6. The normalized spacial score (nSPS) is 18.1. The summed E-state index contributed by atoms with van der Waals surface area (Å²) in [5, 5.41) is 8.72. The Bertz CT molecular complexity index is 514. The van der Waals surface area contributed by atoms with Gasteiger partial charge in [0.05, 0.1) is 5.25 Å². The van der Waals surface area contributed by atoms with Gasteiger partial charge in [-0.2, -0.15) is 0 Å². The number of thioether (sulfide) groups is 1. The number of nitrogens with two attached hydrogens (primary N) is 1. The molecule has 1 fully saturated rings. The summed E-state index contributed by atoms with van der Waals surface area (Å²) in [5.74, 6) is 6.99. The van der Waals surface area contributed by atoms with Gasteiger partial charge in [0.15, 0.2) is 5.82 Å². The lowest BCUT2D eigenvalue weighted by atomic mass is 9.96. The topological polar surface area (TPSA) is 77.0 Å². The van der Waals surface area contributed by atoms with Crippen molar-refractivity contribution < 1.29 is 4.79 Å². The summed E-state index contributed by atoms with van der Waals surface area (Å²) in [6.07, 6.45) is 4.64. The number of carbonyl (C=O) groups is 1. The van der Waals surface area contributed by atoms with Crippen molar-refractivity contribution >= 4 is 17.7 Å². The van der Waals surface area contributed by atoms with E-state index in [-0.39, 0.29) is 16.6 Å². The molecule has 0 spiro atoms. The maximum Gasteiger partial charge on any atom is 0.235 e. The molecule has 1 aromatic heterocycles. The molecule has 7 heteroatoms. The lowest BCUT2D eigenvalue weighted by Crippen LogP contribution is -2.37. The number of likely N-dealkylation sites (tertiary alicyclic amines) is 1. The van der Waals surface area contributed by atoms with Crippen LogP contribution >= 0.6 is 11.8 Å². The average Bonchev–Trinajstić information content (AvgIpc) is 2.67. The van der Waals surface area contributed by atoms with Crippen LogP contribution in [0.3, 0.4) is 0 Å². The SMILES string of the molecule is CC(Sc1nnc(C(C)(C)C)n1N)C(=O)N1CCCCCC1. The van der Waals surface area contributed by atoms with E-state index < -0.39 is 0 Å². The largest absolute Gasteiger partial charge is 0.342 e.